The maximum Gasteiger partial charge on any atom is 0.254 e. The van der Waals surface area contributed by atoms with Crippen molar-refractivity contribution in [2.45, 2.75) is 39.0 Å². The summed E-state index contributed by atoms with van der Waals surface area (Å²) in [5.41, 5.74) is 5.11. The molecular weight excluding hydrogens is 274 g/mol. The van der Waals surface area contributed by atoms with Crippen molar-refractivity contribution in [1.29, 1.82) is 0 Å². The molecule has 3 aromatic rings. The molecule has 1 aliphatic carbocycles. The van der Waals surface area contributed by atoms with Gasteiger partial charge < -0.3 is 5.32 Å². The Labute approximate surface area is 129 Å². The van der Waals surface area contributed by atoms with Gasteiger partial charge in [0.15, 0.2) is 0 Å². The Hall–Kier alpha value is -2.43. The van der Waals surface area contributed by atoms with Gasteiger partial charge in [-0.25, -0.2) is 4.98 Å². The Morgan fingerprint density at radius 3 is 3.05 bits per heavy atom. The highest BCUT2D eigenvalue weighted by Gasteiger charge is 2.14. The first-order valence-corrected chi connectivity index (χ1v) is 7.92. The summed E-state index contributed by atoms with van der Waals surface area (Å²) in [6.07, 6.45) is 7.31. The molecule has 1 aromatic carbocycles. The third-order valence-corrected chi connectivity index (χ3v) is 4.33. The van der Waals surface area contributed by atoms with E-state index in [1.807, 2.05) is 0 Å². The molecule has 1 aliphatic rings. The third-order valence-electron chi connectivity index (χ3n) is 4.33. The monoisotopic (exact) mass is 293 g/mol. The van der Waals surface area contributed by atoms with Crippen LogP contribution in [0.2, 0.25) is 0 Å². The van der Waals surface area contributed by atoms with E-state index in [4.69, 9.17) is 0 Å². The van der Waals surface area contributed by atoms with Gasteiger partial charge in [0, 0.05) is 17.4 Å². The van der Waals surface area contributed by atoms with Crippen molar-refractivity contribution < 1.29 is 0 Å². The van der Waals surface area contributed by atoms with Gasteiger partial charge in [-0.1, -0.05) is 19.1 Å². The zero-order valence-corrected chi connectivity index (χ0v) is 12.7. The number of rotatable bonds is 3. The number of anilines is 2. The number of hydrogen-bond acceptors (Lipinski definition) is 4. The summed E-state index contributed by atoms with van der Waals surface area (Å²) in [5, 5.41) is 7.84. The van der Waals surface area contributed by atoms with E-state index >= 15 is 0 Å². The lowest BCUT2D eigenvalue weighted by atomic mass is 9.90. The summed E-state index contributed by atoms with van der Waals surface area (Å²) < 4.78 is 1.77. The second kappa shape index (κ2) is 5.40. The molecule has 0 saturated carbocycles. The van der Waals surface area contributed by atoms with Gasteiger partial charge in [-0.15, -0.1) is 0 Å². The molecule has 5 heteroatoms. The molecule has 0 bridgehead atoms. The summed E-state index contributed by atoms with van der Waals surface area (Å²) in [6, 6.07) is 8.59. The van der Waals surface area contributed by atoms with E-state index in [2.05, 4.69) is 51.6 Å². The normalized spacial score (nSPS) is 14.0. The van der Waals surface area contributed by atoms with Gasteiger partial charge in [-0.3, -0.25) is 0 Å². The molecule has 5 nitrogen and oxygen atoms in total. The Kier molecular flexibility index (Phi) is 3.25. The lowest BCUT2D eigenvalue weighted by Gasteiger charge is -2.20. The zero-order valence-electron chi connectivity index (χ0n) is 12.7. The number of nitrogens with one attached hydrogen (secondary N) is 1. The van der Waals surface area contributed by atoms with Crippen LogP contribution in [0.4, 0.5) is 11.5 Å². The van der Waals surface area contributed by atoms with E-state index in [0.717, 1.165) is 24.4 Å². The largest absolute Gasteiger partial charge is 0.340 e. The molecule has 2 heterocycles. The Bertz CT molecular complexity index is 821. The van der Waals surface area contributed by atoms with Crippen LogP contribution in [0, 0.1) is 0 Å². The van der Waals surface area contributed by atoms with E-state index in [9.17, 15) is 0 Å². The molecule has 0 fully saturated rings. The summed E-state index contributed by atoms with van der Waals surface area (Å²) in [7, 11) is 0. The first-order chi connectivity index (χ1) is 10.8. The lowest BCUT2D eigenvalue weighted by molar-refractivity contribution is 0.687. The van der Waals surface area contributed by atoms with Crippen LogP contribution in [0.3, 0.4) is 0 Å². The molecule has 0 atom stereocenters. The molecule has 0 spiro atoms. The first kappa shape index (κ1) is 13.2. The van der Waals surface area contributed by atoms with Crippen molar-refractivity contribution in [1.82, 2.24) is 19.6 Å². The molecule has 1 N–H and O–H groups in total. The Morgan fingerprint density at radius 1 is 1.23 bits per heavy atom. The number of benzene rings is 1. The van der Waals surface area contributed by atoms with Crippen molar-refractivity contribution in [3.63, 3.8) is 0 Å². The highest BCUT2D eigenvalue weighted by atomic mass is 15.4. The number of aromatic nitrogens is 4. The van der Waals surface area contributed by atoms with Gasteiger partial charge >= 0.3 is 0 Å². The Morgan fingerprint density at radius 2 is 2.14 bits per heavy atom. The molecule has 0 saturated heterocycles. The molecule has 22 heavy (non-hydrogen) atoms. The molecule has 112 valence electrons. The molecule has 0 unspecified atom stereocenters. The van der Waals surface area contributed by atoms with E-state index in [1.54, 1.807) is 10.8 Å². The fourth-order valence-electron chi connectivity index (χ4n) is 3.17. The number of hydrogen-bond donors (Lipinski definition) is 1. The van der Waals surface area contributed by atoms with Crippen LogP contribution in [0.25, 0.3) is 5.78 Å². The fraction of sp³-hybridized carbons (Fsp3) is 0.353. The minimum atomic E-state index is 0.645. The number of nitrogens with zero attached hydrogens (tertiary/aromatic N) is 4. The Balaban J connectivity index is 1.79. The van der Waals surface area contributed by atoms with E-state index in [0.29, 0.717) is 5.78 Å². The van der Waals surface area contributed by atoms with Crippen molar-refractivity contribution in [2.24, 2.45) is 0 Å². The number of aryl methyl sites for hydroxylation is 2. The standard InChI is InChI=1S/C17H19N5/c1-2-13-10-16(22-17(20-13)18-11-19-22)21-15-9-5-7-12-6-3-4-8-14(12)15/h5,7,9-11,21H,2-4,6,8H2,1H3. The van der Waals surface area contributed by atoms with E-state index in [-0.39, 0.29) is 0 Å². The van der Waals surface area contributed by atoms with Gasteiger partial charge in [0.05, 0.1) is 0 Å². The molecule has 2 aromatic heterocycles. The third kappa shape index (κ3) is 2.22. The van der Waals surface area contributed by atoms with Crippen LogP contribution >= 0.6 is 0 Å². The van der Waals surface area contributed by atoms with E-state index < -0.39 is 0 Å². The van der Waals surface area contributed by atoms with Crippen molar-refractivity contribution in [2.75, 3.05) is 5.32 Å². The molecular formula is C17H19N5. The van der Waals surface area contributed by atoms with Crippen LogP contribution in [0.1, 0.15) is 36.6 Å². The first-order valence-electron chi connectivity index (χ1n) is 7.92. The SMILES string of the molecule is CCc1cc(Nc2cccc3c2CCCC3)n2ncnc2n1. The average molecular weight is 293 g/mol. The van der Waals surface area contributed by atoms with Crippen molar-refractivity contribution >= 4 is 17.3 Å². The smallest absolute Gasteiger partial charge is 0.254 e. The number of fused-ring (bicyclic) bond motifs is 2. The van der Waals surface area contributed by atoms with Crippen LogP contribution in [-0.4, -0.2) is 19.6 Å². The second-order valence-electron chi connectivity index (χ2n) is 5.73. The minimum absolute atomic E-state index is 0.645. The van der Waals surface area contributed by atoms with Crippen molar-refractivity contribution in [3.8, 4) is 0 Å². The highest BCUT2D eigenvalue weighted by molar-refractivity contribution is 5.64. The van der Waals surface area contributed by atoms with Crippen molar-refractivity contribution in [3.05, 3.63) is 47.4 Å². The average Bonchev–Trinajstić information content (AvgIpc) is 3.04. The fourth-order valence-corrected chi connectivity index (χ4v) is 3.17. The van der Waals surface area contributed by atoms with Gasteiger partial charge in [0.1, 0.15) is 12.1 Å². The summed E-state index contributed by atoms with van der Waals surface area (Å²) in [4.78, 5) is 8.71. The maximum absolute atomic E-state index is 4.49. The molecule has 0 radical (unpaired) electrons. The maximum atomic E-state index is 4.49. The van der Waals surface area contributed by atoms with Crippen LogP contribution < -0.4 is 5.32 Å². The zero-order chi connectivity index (χ0) is 14.9. The van der Waals surface area contributed by atoms with Gasteiger partial charge in [-0.05, 0) is 49.3 Å². The predicted octanol–water partition coefficient (Wildman–Crippen LogP) is 3.31. The van der Waals surface area contributed by atoms with Crippen LogP contribution in [0.15, 0.2) is 30.6 Å². The molecule has 4 rings (SSSR count). The minimum Gasteiger partial charge on any atom is -0.340 e. The van der Waals surface area contributed by atoms with Gasteiger partial charge in [0.2, 0.25) is 0 Å². The van der Waals surface area contributed by atoms with E-state index in [1.165, 1.54) is 36.1 Å². The lowest BCUT2D eigenvalue weighted by Crippen LogP contribution is -2.09. The van der Waals surface area contributed by atoms with Gasteiger partial charge in [0.25, 0.3) is 5.78 Å². The topological polar surface area (TPSA) is 55.1 Å². The van der Waals surface area contributed by atoms with Gasteiger partial charge in [-0.2, -0.15) is 14.6 Å². The predicted molar refractivity (Wildman–Crippen MR) is 86.5 cm³/mol. The summed E-state index contributed by atoms with van der Waals surface area (Å²) in [6.45, 7) is 2.10. The summed E-state index contributed by atoms with van der Waals surface area (Å²) in [5.74, 6) is 1.57. The highest BCUT2D eigenvalue weighted by Crippen LogP contribution is 2.30. The summed E-state index contributed by atoms with van der Waals surface area (Å²) >= 11 is 0. The molecule has 0 amide bonds. The van der Waals surface area contributed by atoms with Crippen LogP contribution in [0.5, 0.6) is 0 Å². The second-order valence-corrected chi connectivity index (χ2v) is 5.73. The quantitative estimate of drug-likeness (QED) is 0.805. The van der Waals surface area contributed by atoms with Crippen LogP contribution in [-0.2, 0) is 19.3 Å². The molecule has 0 aliphatic heterocycles.